The largest absolute Gasteiger partial charge is 0.462 e. The molecule has 30 heavy (non-hydrogen) atoms. The van der Waals surface area contributed by atoms with Crippen LogP contribution >= 0.6 is 34.5 Å². The van der Waals surface area contributed by atoms with Crippen molar-refractivity contribution in [2.24, 2.45) is 0 Å². The molecule has 0 aliphatic carbocycles. The Hall–Kier alpha value is -1.91. The maximum absolute atomic E-state index is 12.9. The number of rotatable bonds is 5. The molecule has 2 aromatic heterocycles. The maximum atomic E-state index is 12.9. The molecular weight excluding hydrogens is 469 g/mol. The highest BCUT2D eigenvalue weighted by Gasteiger charge is 2.33. The number of piperazine rings is 1. The van der Waals surface area contributed by atoms with Crippen molar-refractivity contribution in [1.82, 2.24) is 14.2 Å². The van der Waals surface area contributed by atoms with Crippen molar-refractivity contribution in [2.75, 3.05) is 26.2 Å². The van der Waals surface area contributed by atoms with E-state index in [9.17, 15) is 13.2 Å². The van der Waals surface area contributed by atoms with Gasteiger partial charge in [-0.05, 0) is 24.3 Å². The lowest BCUT2D eigenvalue weighted by atomic mass is 10.2. The van der Waals surface area contributed by atoms with Crippen molar-refractivity contribution in [3.63, 3.8) is 0 Å². The molecule has 0 bridgehead atoms. The van der Waals surface area contributed by atoms with Gasteiger partial charge in [0.25, 0.3) is 0 Å². The van der Waals surface area contributed by atoms with Crippen LogP contribution in [-0.2, 0) is 21.2 Å². The molecule has 1 saturated heterocycles. The highest BCUT2D eigenvalue weighted by molar-refractivity contribution is 7.89. The Kier molecular flexibility index (Phi) is 6.17. The first-order valence-corrected chi connectivity index (χ1v) is 12.1. The van der Waals surface area contributed by atoms with Crippen LogP contribution in [0.5, 0.6) is 0 Å². The third-order valence-electron chi connectivity index (χ3n) is 4.72. The number of hydrogen-bond acceptors (Lipinski definition) is 6. The van der Waals surface area contributed by atoms with E-state index in [2.05, 4.69) is 4.98 Å². The Labute approximate surface area is 187 Å². The first-order chi connectivity index (χ1) is 14.4. The van der Waals surface area contributed by atoms with E-state index in [-0.39, 0.29) is 53.4 Å². The highest BCUT2D eigenvalue weighted by atomic mass is 35.5. The van der Waals surface area contributed by atoms with Gasteiger partial charge in [-0.2, -0.15) is 4.31 Å². The third-order valence-corrected chi connectivity index (χ3v) is 8.48. The predicted molar refractivity (Wildman–Crippen MR) is 115 cm³/mol. The molecule has 0 saturated carbocycles. The summed E-state index contributed by atoms with van der Waals surface area (Å²) in [4.78, 5) is 18.6. The lowest BCUT2D eigenvalue weighted by molar-refractivity contribution is -0.131. The monoisotopic (exact) mass is 485 g/mol. The number of amides is 1. The molecular formula is C19H17Cl2N3O4S2. The molecule has 11 heteroatoms. The van der Waals surface area contributed by atoms with E-state index in [0.717, 1.165) is 5.01 Å². The van der Waals surface area contributed by atoms with Crippen LogP contribution in [0.25, 0.3) is 10.8 Å². The van der Waals surface area contributed by atoms with Crippen LogP contribution < -0.4 is 0 Å². The number of sulfonamides is 1. The minimum absolute atomic E-state index is 0.0805. The fourth-order valence-electron chi connectivity index (χ4n) is 3.20. The molecule has 1 aromatic carbocycles. The Morgan fingerprint density at radius 2 is 1.80 bits per heavy atom. The van der Waals surface area contributed by atoms with E-state index in [0.29, 0.717) is 11.5 Å². The number of carbonyl (C=O) groups is 1. The number of thiazole rings is 1. The van der Waals surface area contributed by atoms with Crippen LogP contribution in [0.3, 0.4) is 0 Å². The molecule has 3 aromatic rings. The molecule has 3 heterocycles. The van der Waals surface area contributed by atoms with Gasteiger partial charge in [0.15, 0.2) is 10.8 Å². The van der Waals surface area contributed by atoms with Crippen LogP contribution in [0.15, 0.2) is 51.3 Å². The molecule has 1 aliphatic heterocycles. The van der Waals surface area contributed by atoms with Crippen molar-refractivity contribution in [1.29, 1.82) is 0 Å². The average molecular weight is 486 g/mol. The predicted octanol–water partition coefficient (Wildman–Crippen LogP) is 3.79. The SMILES string of the molecule is O=C(Cc1csc(-c2ccco2)n1)N1CCN(S(=O)(=O)c2c(Cl)cccc2Cl)CC1. The summed E-state index contributed by atoms with van der Waals surface area (Å²) in [6.07, 6.45) is 1.73. The summed E-state index contributed by atoms with van der Waals surface area (Å²) in [7, 11) is -3.84. The zero-order valence-corrected chi connectivity index (χ0v) is 18.8. The van der Waals surface area contributed by atoms with Gasteiger partial charge in [-0.15, -0.1) is 11.3 Å². The smallest absolute Gasteiger partial charge is 0.246 e. The zero-order valence-electron chi connectivity index (χ0n) is 15.6. The average Bonchev–Trinajstić information content (AvgIpc) is 3.39. The van der Waals surface area contributed by atoms with Crippen molar-refractivity contribution >= 4 is 50.5 Å². The van der Waals surface area contributed by atoms with E-state index in [4.69, 9.17) is 27.6 Å². The molecule has 0 unspecified atom stereocenters. The molecule has 0 radical (unpaired) electrons. The summed E-state index contributed by atoms with van der Waals surface area (Å²) in [5, 5.41) is 2.71. The van der Waals surface area contributed by atoms with Crippen LogP contribution in [-0.4, -0.2) is 54.7 Å². The zero-order chi connectivity index (χ0) is 21.3. The van der Waals surface area contributed by atoms with Crippen LogP contribution in [0.4, 0.5) is 0 Å². The second kappa shape index (κ2) is 8.68. The standard InChI is InChI=1S/C19H17Cl2N3O4S2/c20-14-3-1-4-15(21)18(14)30(26,27)24-8-6-23(7-9-24)17(25)11-13-12-29-19(22-13)16-5-2-10-28-16/h1-5,10,12H,6-9,11H2. The lowest BCUT2D eigenvalue weighted by Crippen LogP contribution is -2.50. The lowest BCUT2D eigenvalue weighted by Gasteiger charge is -2.34. The quantitative estimate of drug-likeness (QED) is 0.548. The van der Waals surface area contributed by atoms with Gasteiger partial charge in [-0.3, -0.25) is 4.79 Å². The van der Waals surface area contributed by atoms with Gasteiger partial charge in [-0.1, -0.05) is 29.3 Å². The summed E-state index contributed by atoms with van der Waals surface area (Å²) in [5.41, 5.74) is 0.661. The summed E-state index contributed by atoms with van der Waals surface area (Å²) in [6, 6.07) is 8.17. The number of hydrogen-bond donors (Lipinski definition) is 0. The van der Waals surface area contributed by atoms with Gasteiger partial charge in [0.2, 0.25) is 15.9 Å². The minimum atomic E-state index is -3.84. The van der Waals surface area contributed by atoms with Crippen molar-refractivity contribution in [3.05, 3.63) is 57.7 Å². The van der Waals surface area contributed by atoms with Gasteiger partial charge >= 0.3 is 0 Å². The molecule has 1 fully saturated rings. The first-order valence-electron chi connectivity index (χ1n) is 9.06. The van der Waals surface area contributed by atoms with E-state index in [1.165, 1.54) is 27.8 Å². The topological polar surface area (TPSA) is 83.7 Å². The van der Waals surface area contributed by atoms with E-state index in [1.807, 2.05) is 11.4 Å². The number of nitrogens with zero attached hydrogens (tertiary/aromatic N) is 3. The Bertz CT molecular complexity index is 1130. The number of furan rings is 1. The van der Waals surface area contributed by atoms with Crippen molar-refractivity contribution in [3.8, 4) is 10.8 Å². The summed E-state index contributed by atoms with van der Waals surface area (Å²) in [5.74, 6) is 0.565. The number of aromatic nitrogens is 1. The molecule has 0 atom stereocenters. The second-order valence-corrected chi connectivity index (χ2v) is 10.2. The second-order valence-electron chi connectivity index (χ2n) is 6.63. The molecule has 1 amide bonds. The van der Waals surface area contributed by atoms with Crippen molar-refractivity contribution in [2.45, 2.75) is 11.3 Å². The summed E-state index contributed by atoms with van der Waals surface area (Å²) < 4.78 is 32.5. The Balaban J connectivity index is 1.39. The van der Waals surface area contributed by atoms with Crippen molar-refractivity contribution < 1.29 is 17.6 Å². The number of halogens is 2. The Morgan fingerprint density at radius 1 is 1.10 bits per heavy atom. The minimum Gasteiger partial charge on any atom is -0.462 e. The van der Waals surface area contributed by atoms with Crippen LogP contribution in [0.1, 0.15) is 5.69 Å². The molecule has 0 spiro atoms. The number of carbonyl (C=O) groups excluding carboxylic acids is 1. The van der Waals surface area contributed by atoms with Gasteiger partial charge < -0.3 is 9.32 Å². The van der Waals surface area contributed by atoms with Gasteiger partial charge in [0, 0.05) is 31.6 Å². The fraction of sp³-hybridized carbons (Fsp3) is 0.263. The highest BCUT2D eigenvalue weighted by Crippen LogP contribution is 2.32. The fourth-order valence-corrected chi connectivity index (χ4v) is 6.50. The molecule has 0 N–H and O–H groups in total. The van der Waals surface area contributed by atoms with Crippen LogP contribution in [0.2, 0.25) is 10.0 Å². The van der Waals surface area contributed by atoms with E-state index in [1.54, 1.807) is 23.3 Å². The first kappa shape index (κ1) is 21.3. The summed E-state index contributed by atoms with van der Waals surface area (Å²) >= 11 is 13.6. The normalized spacial score (nSPS) is 15.5. The number of benzene rings is 1. The van der Waals surface area contributed by atoms with E-state index < -0.39 is 10.0 Å². The molecule has 7 nitrogen and oxygen atoms in total. The van der Waals surface area contributed by atoms with Gasteiger partial charge in [0.05, 0.1) is 28.4 Å². The molecule has 4 rings (SSSR count). The third kappa shape index (κ3) is 4.26. The molecule has 158 valence electrons. The summed E-state index contributed by atoms with van der Waals surface area (Å²) in [6.45, 7) is 0.916. The van der Waals surface area contributed by atoms with Gasteiger partial charge in [-0.25, -0.2) is 13.4 Å². The van der Waals surface area contributed by atoms with Gasteiger partial charge in [0.1, 0.15) is 4.90 Å². The molecule has 1 aliphatic rings. The Morgan fingerprint density at radius 3 is 2.43 bits per heavy atom. The van der Waals surface area contributed by atoms with Crippen LogP contribution in [0, 0.1) is 0 Å². The van der Waals surface area contributed by atoms with E-state index >= 15 is 0 Å². The maximum Gasteiger partial charge on any atom is 0.246 e.